The van der Waals surface area contributed by atoms with E-state index in [4.69, 9.17) is 9.72 Å². The van der Waals surface area contributed by atoms with Crippen molar-refractivity contribution in [3.8, 4) is 11.4 Å². The summed E-state index contributed by atoms with van der Waals surface area (Å²) in [6.45, 7) is 8.30. The fraction of sp³-hybridized carbons (Fsp3) is 0.517. The Hall–Kier alpha value is -4.22. The van der Waals surface area contributed by atoms with E-state index in [1.807, 2.05) is 49.1 Å². The van der Waals surface area contributed by atoms with Gasteiger partial charge >= 0.3 is 12.1 Å². The molecule has 0 radical (unpaired) electrons. The van der Waals surface area contributed by atoms with Gasteiger partial charge in [0.1, 0.15) is 17.6 Å². The molecule has 1 saturated carbocycles. The number of nitrogens with one attached hydrogen (secondary N) is 1. The van der Waals surface area contributed by atoms with Crippen molar-refractivity contribution < 1.29 is 29.0 Å². The number of fused-ring (bicyclic) bond motifs is 1. The number of benzene rings is 1. The van der Waals surface area contributed by atoms with Gasteiger partial charge in [-0.2, -0.15) is 0 Å². The van der Waals surface area contributed by atoms with Crippen LogP contribution in [-0.4, -0.2) is 101 Å². The van der Waals surface area contributed by atoms with Crippen molar-refractivity contribution in [1.82, 2.24) is 25.1 Å². The highest BCUT2D eigenvalue weighted by molar-refractivity contribution is 5.97. The van der Waals surface area contributed by atoms with Gasteiger partial charge in [0.05, 0.1) is 12.5 Å². The molecule has 218 valence electrons. The monoisotopic (exact) mass is 564 g/mol. The van der Waals surface area contributed by atoms with Crippen LogP contribution in [0.3, 0.4) is 0 Å². The maximum Gasteiger partial charge on any atom is 0.409 e. The van der Waals surface area contributed by atoms with Gasteiger partial charge in [0, 0.05) is 50.9 Å². The SMILES string of the molecule is CCOC(=O)N1CCN(C(=O)[C@@H](NC(=O)c2cc(N3C[C@@H]4C(C(=O)O)[C@@H]4C3)nc(-c3ccccc3)n2)C(C)C)CC1. The predicted molar refractivity (Wildman–Crippen MR) is 149 cm³/mol. The summed E-state index contributed by atoms with van der Waals surface area (Å²) in [7, 11) is 0. The van der Waals surface area contributed by atoms with Crippen molar-refractivity contribution in [2.75, 3.05) is 50.8 Å². The largest absolute Gasteiger partial charge is 0.481 e. The van der Waals surface area contributed by atoms with Gasteiger partial charge in [0.2, 0.25) is 5.91 Å². The highest BCUT2D eigenvalue weighted by Crippen LogP contribution is 2.52. The Morgan fingerprint density at radius 3 is 2.22 bits per heavy atom. The van der Waals surface area contributed by atoms with E-state index in [9.17, 15) is 24.3 Å². The number of rotatable bonds is 8. The molecule has 2 aromatic rings. The number of aliphatic carboxylic acids is 1. The maximum atomic E-state index is 13.6. The molecule has 1 unspecified atom stereocenters. The minimum absolute atomic E-state index is 0.0761. The molecule has 1 aromatic heterocycles. The third-order valence-electron chi connectivity index (χ3n) is 8.12. The lowest BCUT2D eigenvalue weighted by atomic mass is 10.0. The molecule has 2 N–H and O–H groups in total. The van der Waals surface area contributed by atoms with Crippen LogP contribution in [0.1, 0.15) is 31.3 Å². The first-order valence-corrected chi connectivity index (χ1v) is 14.1. The number of aromatic nitrogens is 2. The molecular formula is C29H36N6O6. The van der Waals surface area contributed by atoms with Crippen LogP contribution in [0.2, 0.25) is 0 Å². The molecule has 0 bridgehead atoms. The van der Waals surface area contributed by atoms with Crippen molar-refractivity contribution in [3.63, 3.8) is 0 Å². The molecule has 4 atom stereocenters. The average molecular weight is 565 g/mol. The fourth-order valence-corrected chi connectivity index (χ4v) is 5.76. The quantitative estimate of drug-likeness (QED) is 0.491. The summed E-state index contributed by atoms with van der Waals surface area (Å²) in [5, 5.41) is 12.3. The number of anilines is 1. The molecule has 12 nitrogen and oxygen atoms in total. The van der Waals surface area contributed by atoms with Crippen molar-refractivity contribution in [2.45, 2.75) is 26.8 Å². The second-order valence-corrected chi connectivity index (χ2v) is 11.1. The lowest BCUT2D eigenvalue weighted by molar-refractivity contribution is -0.139. The van der Waals surface area contributed by atoms with Gasteiger partial charge in [-0.3, -0.25) is 14.4 Å². The molecule has 41 heavy (non-hydrogen) atoms. The summed E-state index contributed by atoms with van der Waals surface area (Å²) in [5.74, 6) is -0.888. The Morgan fingerprint density at radius 2 is 1.63 bits per heavy atom. The van der Waals surface area contributed by atoms with Gasteiger partial charge in [-0.05, 0) is 24.7 Å². The van der Waals surface area contributed by atoms with E-state index in [1.165, 1.54) is 0 Å². The summed E-state index contributed by atoms with van der Waals surface area (Å²) < 4.78 is 5.06. The van der Waals surface area contributed by atoms with Gasteiger partial charge in [-0.1, -0.05) is 44.2 Å². The minimum Gasteiger partial charge on any atom is -0.481 e. The predicted octanol–water partition coefficient (Wildman–Crippen LogP) is 1.97. The van der Waals surface area contributed by atoms with Gasteiger partial charge in [-0.15, -0.1) is 0 Å². The fourth-order valence-electron chi connectivity index (χ4n) is 5.76. The number of carboxylic acid groups (broad SMARTS) is 1. The van der Waals surface area contributed by atoms with E-state index in [-0.39, 0.29) is 41.9 Å². The number of carbonyl (C=O) groups is 4. The lowest BCUT2D eigenvalue weighted by Gasteiger charge is -2.36. The third kappa shape index (κ3) is 5.96. The first-order valence-electron chi connectivity index (χ1n) is 14.1. The zero-order valence-corrected chi connectivity index (χ0v) is 23.5. The van der Waals surface area contributed by atoms with Crippen molar-refractivity contribution in [2.24, 2.45) is 23.7 Å². The number of piperidine rings is 1. The minimum atomic E-state index is -0.786. The Labute approximate surface area is 238 Å². The normalized spacial score (nSPS) is 22.2. The van der Waals surface area contributed by atoms with Crippen LogP contribution >= 0.6 is 0 Å². The summed E-state index contributed by atoms with van der Waals surface area (Å²) in [6.07, 6.45) is -0.393. The molecule has 3 aliphatic rings. The van der Waals surface area contributed by atoms with Gasteiger partial charge in [-0.25, -0.2) is 14.8 Å². The van der Waals surface area contributed by atoms with Crippen LogP contribution < -0.4 is 10.2 Å². The van der Waals surface area contributed by atoms with Crippen LogP contribution in [0.4, 0.5) is 10.6 Å². The zero-order valence-electron chi connectivity index (χ0n) is 23.5. The van der Waals surface area contributed by atoms with Crippen LogP contribution in [0.25, 0.3) is 11.4 Å². The van der Waals surface area contributed by atoms with Crippen molar-refractivity contribution >= 4 is 29.7 Å². The number of carbonyl (C=O) groups excluding carboxylic acids is 3. The molecule has 1 aliphatic carbocycles. The Balaban J connectivity index is 1.33. The first kappa shape index (κ1) is 28.3. The standard InChI is InChI=1S/C29H36N6O6/c1-4-41-29(40)34-12-10-33(11-13-34)27(37)24(17(2)3)32-26(36)21-14-22(31-25(30-21)18-8-6-5-7-9-18)35-15-19-20(16-35)23(19)28(38)39/h5-9,14,17,19-20,23-24H,4,10-13,15-16H2,1-3H3,(H,32,36)(H,38,39)/t19-,20+,23?,24-/m0/s1. The molecule has 3 amide bonds. The highest BCUT2D eigenvalue weighted by Gasteiger charge is 2.60. The summed E-state index contributed by atoms with van der Waals surface area (Å²) in [5.41, 5.74) is 0.877. The second kappa shape index (κ2) is 11.7. The van der Waals surface area contributed by atoms with Crippen molar-refractivity contribution in [3.05, 3.63) is 42.1 Å². The molecule has 3 heterocycles. The molecule has 2 aliphatic heterocycles. The van der Waals surface area contributed by atoms with Crippen LogP contribution in [0.15, 0.2) is 36.4 Å². The van der Waals surface area contributed by atoms with E-state index in [0.29, 0.717) is 50.9 Å². The van der Waals surface area contributed by atoms with Gasteiger partial charge in [0.15, 0.2) is 5.82 Å². The van der Waals surface area contributed by atoms with Gasteiger partial charge in [0.25, 0.3) is 5.91 Å². The highest BCUT2D eigenvalue weighted by atomic mass is 16.6. The zero-order chi connectivity index (χ0) is 29.3. The van der Waals surface area contributed by atoms with E-state index in [0.717, 1.165) is 5.56 Å². The Bertz CT molecular complexity index is 1300. The van der Waals surface area contributed by atoms with Crippen molar-refractivity contribution in [1.29, 1.82) is 0 Å². The van der Waals surface area contributed by atoms with Crippen LogP contribution in [-0.2, 0) is 14.3 Å². The smallest absolute Gasteiger partial charge is 0.409 e. The molecular weight excluding hydrogens is 528 g/mol. The number of piperazine rings is 1. The average Bonchev–Trinajstić information content (AvgIpc) is 3.49. The molecule has 1 aromatic carbocycles. The van der Waals surface area contributed by atoms with E-state index >= 15 is 0 Å². The van der Waals surface area contributed by atoms with E-state index < -0.39 is 24.0 Å². The number of ether oxygens (including phenoxy) is 1. The maximum absolute atomic E-state index is 13.6. The summed E-state index contributed by atoms with van der Waals surface area (Å²) >= 11 is 0. The number of hydrogen-bond donors (Lipinski definition) is 2. The second-order valence-electron chi connectivity index (χ2n) is 11.1. The molecule has 2 saturated heterocycles. The van der Waals surface area contributed by atoms with Crippen LogP contribution in [0, 0.1) is 23.7 Å². The number of nitrogens with zero attached hydrogens (tertiary/aromatic N) is 5. The molecule has 0 spiro atoms. The molecule has 12 heteroatoms. The first-order chi connectivity index (χ1) is 19.7. The number of amides is 3. The Kier molecular flexibility index (Phi) is 8.09. The van der Waals surface area contributed by atoms with E-state index in [2.05, 4.69) is 10.3 Å². The lowest BCUT2D eigenvalue weighted by Crippen LogP contribution is -2.57. The third-order valence-corrected chi connectivity index (χ3v) is 8.12. The van der Waals surface area contributed by atoms with E-state index in [1.54, 1.807) is 22.8 Å². The summed E-state index contributed by atoms with van der Waals surface area (Å²) in [6, 6.07) is 10.2. The topological polar surface area (TPSA) is 145 Å². The van der Waals surface area contributed by atoms with Crippen LogP contribution in [0.5, 0.6) is 0 Å². The van der Waals surface area contributed by atoms with Gasteiger partial charge < -0.3 is 29.9 Å². The Morgan fingerprint density at radius 1 is 1.00 bits per heavy atom. The number of hydrogen-bond acceptors (Lipinski definition) is 8. The molecule has 3 fully saturated rings. The summed E-state index contributed by atoms with van der Waals surface area (Å²) in [4.78, 5) is 65.1. The number of carboxylic acids is 1. The molecule has 5 rings (SSSR count).